The van der Waals surface area contributed by atoms with Crippen LogP contribution in [-0.4, -0.2) is 70.6 Å². The van der Waals surface area contributed by atoms with E-state index in [1.807, 2.05) is 0 Å². The van der Waals surface area contributed by atoms with Crippen molar-refractivity contribution in [3.63, 3.8) is 0 Å². The molecule has 0 unspecified atom stereocenters. The van der Waals surface area contributed by atoms with Gasteiger partial charge in [-0.25, -0.2) is 8.42 Å². The third kappa shape index (κ3) is 12.0. The minimum atomic E-state index is -4.51. The number of benzene rings is 3. The smallest absolute Gasteiger partial charge is 0.416 e. The molecule has 3 aromatic carbocycles. The predicted octanol–water partition coefficient (Wildman–Crippen LogP) is 6.57. The van der Waals surface area contributed by atoms with Gasteiger partial charge in [-0.05, 0) is 72.1 Å². The van der Waals surface area contributed by atoms with Gasteiger partial charge in [-0.1, -0.05) is 32.9 Å². The fourth-order valence-corrected chi connectivity index (χ4v) is 6.50. The van der Waals surface area contributed by atoms with E-state index in [-0.39, 0.29) is 72.9 Å². The lowest BCUT2D eigenvalue weighted by Gasteiger charge is -2.26. The van der Waals surface area contributed by atoms with E-state index in [1.54, 1.807) is 43.0 Å². The molecular weight excluding hydrogens is 749 g/mol. The van der Waals surface area contributed by atoms with E-state index in [9.17, 15) is 40.0 Å². The highest BCUT2D eigenvalue weighted by Crippen LogP contribution is 2.33. The summed E-state index contributed by atoms with van der Waals surface area (Å²) in [5, 5.41) is 2.91. The highest BCUT2D eigenvalue weighted by atomic mass is 35.5. The Morgan fingerprint density at radius 3 is 2.15 bits per heavy atom. The van der Waals surface area contributed by atoms with E-state index >= 15 is 0 Å². The molecule has 0 radical (unpaired) electrons. The Balaban J connectivity index is 0.00000756. The molecule has 1 aliphatic rings. The maximum absolute atomic E-state index is 13.5. The van der Waals surface area contributed by atoms with Crippen molar-refractivity contribution in [3.05, 3.63) is 89.5 Å². The second kappa shape index (κ2) is 18.9. The summed E-state index contributed by atoms with van der Waals surface area (Å²) < 4.78 is 105. The highest BCUT2D eigenvalue weighted by Gasteiger charge is 2.35. The van der Waals surface area contributed by atoms with Gasteiger partial charge in [0, 0.05) is 24.1 Å². The first-order valence-electron chi connectivity index (χ1n) is 16.6. The molecule has 1 aliphatic heterocycles. The third-order valence-corrected chi connectivity index (χ3v) is 10.5. The number of rotatable bonds is 16. The largest absolute Gasteiger partial charge is 0.489 e. The van der Waals surface area contributed by atoms with Crippen molar-refractivity contribution in [2.45, 2.75) is 75.5 Å². The van der Waals surface area contributed by atoms with Crippen molar-refractivity contribution in [2.75, 3.05) is 30.4 Å². The fourth-order valence-electron chi connectivity index (χ4n) is 5.62. The normalized spacial score (nSPS) is 17.3. The molecule has 17 heteroatoms. The lowest BCUT2D eigenvalue weighted by atomic mass is 10.0. The monoisotopic (exact) mass is 791 g/mol. The molecular formula is C36H43ClF5N3O7S. The summed E-state index contributed by atoms with van der Waals surface area (Å²) in [4.78, 5) is 27.7. The van der Waals surface area contributed by atoms with Gasteiger partial charge in [0.25, 0.3) is 5.91 Å². The Bertz CT molecular complexity index is 1750. The van der Waals surface area contributed by atoms with Gasteiger partial charge in [0.15, 0.2) is 9.84 Å². The van der Waals surface area contributed by atoms with Gasteiger partial charge >= 0.3 is 18.8 Å². The van der Waals surface area contributed by atoms with E-state index in [1.165, 1.54) is 43.3 Å². The van der Waals surface area contributed by atoms with Crippen LogP contribution in [0.5, 0.6) is 5.75 Å². The first kappa shape index (κ1) is 43.4. The van der Waals surface area contributed by atoms with Crippen LogP contribution in [0.3, 0.4) is 0 Å². The third-order valence-electron chi connectivity index (χ3n) is 8.70. The molecule has 4 rings (SSSR count). The molecule has 53 heavy (non-hydrogen) atoms. The van der Waals surface area contributed by atoms with Gasteiger partial charge < -0.3 is 30.2 Å². The van der Waals surface area contributed by atoms with E-state index in [2.05, 4.69) is 10.1 Å². The molecule has 3 aromatic rings. The second-order valence-corrected chi connectivity index (χ2v) is 14.9. The van der Waals surface area contributed by atoms with Gasteiger partial charge in [-0.2, -0.15) is 22.0 Å². The lowest BCUT2D eigenvalue weighted by Crippen LogP contribution is -2.37. The molecule has 292 valence electrons. The number of amides is 1. The standard InChI is InChI=1S/C36H42F5N3O7S.ClH/c1-4-52(47,48)30-15-7-23(8-16-30)31(17-18-49-34(46)32(42)22(2)3)43-33(45)24-5-11-26(12-6-24)44-20-29(19-27(44)21-50-35(37)38)51-28-13-9-25(10-14-28)36(39,40)41;/h5-16,22,27,29,31-32,35H,4,17-21,42H2,1-3H3,(H,43,45);1H/t27-,29-,31-,32-;/m0./s1. The predicted molar refractivity (Wildman–Crippen MR) is 190 cm³/mol. The molecule has 0 spiro atoms. The Morgan fingerprint density at radius 2 is 1.60 bits per heavy atom. The van der Waals surface area contributed by atoms with E-state index in [0.29, 0.717) is 11.3 Å². The maximum Gasteiger partial charge on any atom is 0.416 e. The number of sulfone groups is 1. The molecule has 0 bridgehead atoms. The van der Waals surface area contributed by atoms with Crippen LogP contribution >= 0.6 is 12.4 Å². The van der Waals surface area contributed by atoms with Crippen molar-refractivity contribution >= 4 is 39.8 Å². The molecule has 10 nitrogen and oxygen atoms in total. The van der Waals surface area contributed by atoms with Crippen molar-refractivity contribution < 1.29 is 54.2 Å². The number of nitrogens with zero attached hydrogens (tertiary/aromatic N) is 1. The van der Waals surface area contributed by atoms with Crippen LogP contribution in [0.2, 0.25) is 0 Å². The quantitative estimate of drug-likeness (QED) is 0.122. The first-order valence-corrected chi connectivity index (χ1v) is 18.3. The van der Waals surface area contributed by atoms with Crippen molar-refractivity contribution in [1.29, 1.82) is 0 Å². The number of anilines is 1. The van der Waals surface area contributed by atoms with Crippen LogP contribution in [0.25, 0.3) is 0 Å². The molecule has 3 N–H and O–H groups in total. The minimum Gasteiger partial charge on any atom is -0.489 e. The minimum absolute atomic E-state index is 0. The van der Waals surface area contributed by atoms with Gasteiger partial charge in [0.1, 0.15) is 17.9 Å². The fraction of sp³-hybridized carbons (Fsp3) is 0.444. The molecule has 0 saturated carbocycles. The molecule has 0 aliphatic carbocycles. The van der Waals surface area contributed by atoms with Gasteiger partial charge in [0.2, 0.25) is 0 Å². The molecule has 4 atom stereocenters. The summed E-state index contributed by atoms with van der Waals surface area (Å²) in [6.07, 6.45) is -4.68. The van der Waals surface area contributed by atoms with E-state index in [4.69, 9.17) is 15.2 Å². The Kier molecular flexibility index (Phi) is 15.4. The molecule has 1 heterocycles. The highest BCUT2D eigenvalue weighted by molar-refractivity contribution is 7.91. The number of nitrogens with one attached hydrogen (secondary N) is 1. The average Bonchev–Trinajstić information content (AvgIpc) is 3.52. The number of hydrogen-bond acceptors (Lipinski definition) is 9. The summed E-state index contributed by atoms with van der Waals surface area (Å²) in [6.45, 7) is 1.85. The zero-order valence-electron chi connectivity index (χ0n) is 29.2. The molecule has 0 aromatic heterocycles. The lowest BCUT2D eigenvalue weighted by molar-refractivity contribution is -0.146. The number of hydrogen-bond donors (Lipinski definition) is 2. The number of alkyl halides is 5. The summed E-state index contributed by atoms with van der Waals surface area (Å²) in [5.41, 5.74) is 6.44. The van der Waals surface area contributed by atoms with E-state index < -0.39 is 64.3 Å². The summed E-state index contributed by atoms with van der Waals surface area (Å²) in [6, 6.07) is 14.5. The summed E-state index contributed by atoms with van der Waals surface area (Å²) in [5.74, 6) is -1.13. The van der Waals surface area contributed by atoms with E-state index in [0.717, 1.165) is 12.1 Å². The van der Waals surface area contributed by atoms with Crippen LogP contribution in [-0.2, 0) is 30.3 Å². The van der Waals surface area contributed by atoms with Crippen LogP contribution in [0.4, 0.5) is 27.6 Å². The molecule has 1 amide bonds. The SMILES string of the molecule is CCS(=O)(=O)c1ccc([C@H](CCOC(=O)[C@@H](N)C(C)C)NC(=O)c2ccc(N3C[C@@H](Oc4ccc(C(F)(F)F)cc4)C[C@H]3COC(F)F)cc2)cc1.Cl. The van der Waals surface area contributed by atoms with Crippen LogP contribution in [0.1, 0.15) is 61.1 Å². The van der Waals surface area contributed by atoms with Crippen molar-refractivity contribution in [1.82, 2.24) is 5.32 Å². The number of nitrogens with two attached hydrogens (primary N) is 1. The maximum atomic E-state index is 13.5. The number of carbonyl (C=O) groups excluding carboxylic acids is 2. The van der Waals surface area contributed by atoms with Crippen LogP contribution in [0.15, 0.2) is 77.7 Å². The summed E-state index contributed by atoms with van der Waals surface area (Å²) in [7, 11) is -3.47. The zero-order valence-corrected chi connectivity index (χ0v) is 30.9. The summed E-state index contributed by atoms with van der Waals surface area (Å²) >= 11 is 0. The Morgan fingerprint density at radius 1 is 0.981 bits per heavy atom. The average molecular weight is 792 g/mol. The topological polar surface area (TPSA) is 137 Å². The van der Waals surface area contributed by atoms with Gasteiger partial charge in [-0.15, -0.1) is 12.4 Å². The first-order chi connectivity index (χ1) is 24.5. The van der Waals surface area contributed by atoms with Gasteiger partial charge in [0.05, 0.1) is 48.1 Å². The molecule has 1 fully saturated rings. The van der Waals surface area contributed by atoms with Gasteiger partial charge in [-0.3, -0.25) is 9.59 Å². The Labute approximate surface area is 311 Å². The van der Waals surface area contributed by atoms with Crippen molar-refractivity contribution in [3.8, 4) is 5.75 Å². The van der Waals surface area contributed by atoms with Crippen LogP contribution in [0, 0.1) is 5.92 Å². The Hall–Kier alpha value is -3.99. The number of carbonyl (C=O) groups is 2. The second-order valence-electron chi connectivity index (χ2n) is 12.7. The zero-order chi connectivity index (χ0) is 38.2. The van der Waals surface area contributed by atoms with Crippen molar-refractivity contribution in [2.24, 2.45) is 11.7 Å². The number of esters is 1. The molecule has 1 saturated heterocycles. The van der Waals surface area contributed by atoms with Crippen LogP contribution < -0.4 is 20.7 Å². The number of halogens is 6. The number of ether oxygens (including phenoxy) is 3.